The van der Waals surface area contributed by atoms with E-state index in [0.717, 1.165) is 39.2 Å². The lowest BCUT2D eigenvalue weighted by molar-refractivity contribution is -0.111. The summed E-state index contributed by atoms with van der Waals surface area (Å²) < 4.78 is 39.4. The van der Waals surface area contributed by atoms with E-state index in [9.17, 15) is 13.6 Å². The van der Waals surface area contributed by atoms with Gasteiger partial charge in [-0.25, -0.2) is 8.78 Å². The summed E-state index contributed by atoms with van der Waals surface area (Å²) in [6.45, 7) is 1.74. The Bertz CT molecular complexity index is 1340. The quantitative estimate of drug-likeness (QED) is 0.297. The summed E-state index contributed by atoms with van der Waals surface area (Å²) in [6, 6.07) is 14.4. The third kappa shape index (κ3) is 4.43. The Balaban J connectivity index is 1.71. The number of methoxy groups -OCH3 is 1. The molecule has 0 aliphatic carbocycles. The minimum absolute atomic E-state index is 0.228. The largest absolute Gasteiger partial charge is 0.496 e. The molecule has 7 heteroatoms. The number of carbonyl (C=O) groups is 1. The van der Waals surface area contributed by atoms with E-state index in [2.05, 4.69) is 21.2 Å². The van der Waals surface area contributed by atoms with Crippen molar-refractivity contribution < 1.29 is 22.7 Å². The van der Waals surface area contributed by atoms with Crippen LogP contribution < -0.4 is 10.1 Å². The summed E-state index contributed by atoms with van der Waals surface area (Å²) in [5.41, 5.74) is 3.55. The molecule has 1 N–H and O–H groups in total. The molecule has 0 atom stereocenters. The lowest BCUT2D eigenvalue weighted by atomic mass is 9.99. The van der Waals surface area contributed by atoms with Gasteiger partial charge in [0.1, 0.15) is 23.0 Å². The highest BCUT2D eigenvalue weighted by Crippen LogP contribution is 2.37. The molecule has 0 bridgehead atoms. The molecule has 0 fully saturated rings. The molecule has 3 aromatic carbocycles. The fourth-order valence-electron chi connectivity index (χ4n) is 3.42. The first-order chi connectivity index (χ1) is 15.4. The molecule has 32 heavy (non-hydrogen) atoms. The Morgan fingerprint density at radius 2 is 1.84 bits per heavy atom. The van der Waals surface area contributed by atoms with Crippen LogP contribution in [0, 0.1) is 11.6 Å². The van der Waals surface area contributed by atoms with Gasteiger partial charge >= 0.3 is 0 Å². The normalized spacial score (nSPS) is 11.6. The number of benzene rings is 3. The number of amides is 1. The van der Waals surface area contributed by atoms with E-state index in [1.165, 1.54) is 13.2 Å². The number of allylic oxidation sites excluding steroid dienone is 1. The molecule has 0 saturated carbocycles. The van der Waals surface area contributed by atoms with Gasteiger partial charge in [0.2, 0.25) is 5.91 Å². The minimum Gasteiger partial charge on any atom is -0.496 e. The second-order valence-electron chi connectivity index (χ2n) is 7.15. The number of hydrogen-bond acceptors (Lipinski definition) is 3. The zero-order valence-corrected chi connectivity index (χ0v) is 18.8. The van der Waals surface area contributed by atoms with Gasteiger partial charge in [0, 0.05) is 39.2 Å². The number of nitrogens with one attached hydrogen (secondary N) is 1. The van der Waals surface area contributed by atoms with Gasteiger partial charge in [-0.05, 0) is 48.4 Å². The van der Waals surface area contributed by atoms with Crippen molar-refractivity contribution in [1.29, 1.82) is 0 Å². The van der Waals surface area contributed by atoms with Crippen LogP contribution in [0.1, 0.15) is 12.5 Å². The number of hydrogen-bond donors (Lipinski definition) is 1. The maximum absolute atomic E-state index is 13.8. The van der Waals surface area contributed by atoms with Crippen LogP contribution in [0.4, 0.5) is 14.5 Å². The van der Waals surface area contributed by atoms with Crippen molar-refractivity contribution in [1.82, 2.24) is 0 Å². The Morgan fingerprint density at radius 1 is 1.09 bits per heavy atom. The summed E-state index contributed by atoms with van der Waals surface area (Å²) in [5.74, 6) is -1.43. The van der Waals surface area contributed by atoms with Gasteiger partial charge < -0.3 is 14.5 Å². The van der Waals surface area contributed by atoms with Gasteiger partial charge in [-0.2, -0.15) is 0 Å². The maximum atomic E-state index is 13.8. The predicted molar refractivity (Wildman–Crippen MR) is 125 cm³/mol. The minimum atomic E-state index is -0.720. The fourth-order valence-corrected chi connectivity index (χ4v) is 3.69. The van der Waals surface area contributed by atoms with Gasteiger partial charge in [-0.3, -0.25) is 4.79 Å². The molecule has 1 amide bonds. The van der Waals surface area contributed by atoms with Crippen LogP contribution in [0.3, 0.4) is 0 Å². The van der Waals surface area contributed by atoms with E-state index >= 15 is 0 Å². The topological polar surface area (TPSA) is 51.5 Å². The van der Waals surface area contributed by atoms with Crippen molar-refractivity contribution >= 4 is 44.1 Å². The summed E-state index contributed by atoms with van der Waals surface area (Å²) in [5, 5.41) is 3.22. The summed E-state index contributed by atoms with van der Waals surface area (Å²) in [4.78, 5) is 12.5. The van der Waals surface area contributed by atoms with Gasteiger partial charge in [-0.15, -0.1) is 0 Å². The number of rotatable bonds is 5. The smallest absolute Gasteiger partial charge is 0.248 e. The van der Waals surface area contributed by atoms with Crippen molar-refractivity contribution in [2.45, 2.75) is 6.92 Å². The van der Waals surface area contributed by atoms with Crippen LogP contribution in [0.15, 0.2) is 75.8 Å². The van der Waals surface area contributed by atoms with Crippen molar-refractivity contribution in [3.05, 3.63) is 88.6 Å². The summed E-state index contributed by atoms with van der Waals surface area (Å²) in [7, 11) is 1.53. The van der Waals surface area contributed by atoms with Crippen LogP contribution in [-0.4, -0.2) is 13.0 Å². The Hall–Kier alpha value is -3.45. The Kier molecular flexibility index (Phi) is 6.10. The van der Waals surface area contributed by atoms with Gasteiger partial charge in [0.05, 0.1) is 19.1 Å². The molecule has 0 radical (unpaired) electrons. The average molecular weight is 498 g/mol. The second-order valence-corrected chi connectivity index (χ2v) is 8.06. The summed E-state index contributed by atoms with van der Waals surface area (Å²) >= 11 is 3.43. The number of fused-ring (bicyclic) bond motifs is 1. The summed E-state index contributed by atoms with van der Waals surface area (Å²) in [6.07, 6.45) is 2.99. The lowest BCUT2D eigenvalue weighted by Gasteiger charge is -2.10. The predicted octanol–water partition coefficient (Wildman–Crippen LogP) is 7.19. The zero-order chi connectivity index (χ0) is 22.8. The molecule has 0 unspecified atom stereocenters. The molecule has 0 saturated heterocycles. The molecule has 1 heterocycles. The molecular weight excluding hydrogens is 480 g/mol. The Morgan fingerprint density at radius 3 is 2.56 bits per heavy atom. The fraction of sp³-hybridized carbons (Fsp3) is 0.0800. The third-order valence-electron chi connectivity index (χ3n) is 5.01. The number of ether oxygens (including phenoxy) is 1. The molecular formula is C25H18BrF2NO3. The zero-order valence-electron chi connectivity index (χ0n) is 17.2. The number of halogens is 3. The van der Waals surface area contributed by atoms with Crippen LogP contribution in [0.5, 0.6) is 5.75 Å². The van der Waals surface area contributed by atoms with Crippen LogP contribution in [0.2, 0.25) is 0 Å². The van der Waals surface area contributed by atoms with E-state index in [4.69, 9.17) is 9.15 Å². The molecule has 162 valence electrons. The monoisotopic (exact) mass is 497 g/mol. The molecule has 0 aliphatic rings. The highest BCUT2D eigenvalue weighted by atomic mass is 79.9. The first kappa shape index (κ1) is 21.8. The van der Waals surface area contributed by atoms with Crippen molar-refractivity contribution in [2.24, 2.45) is 0 Å². The molecule has 0 spiro atoms. The van der Waals surface area contributed by atoms with E-state index in [-0.39, 0.29) is 5.69 Å². The van der Waals surface area contributed by atoms with Crippen molar-refractivity contribution in [3.63, 3.8) is 0 Å². The maximum Gasteiger partial charge on any atom is 0.248 e. The van der Waals surface area contributed by atoms with Crippen molar-refractivity contribution in [2.75, 3.05) is 12.4 Å². The third-order valence-corrected chi connectivity index (χ3v) is 5.54. The Labute approximate surface area is 191 Å². The first-order valence-corrected chi connectivity index (χ1v) is 10.4. The van der Waals surface area contributed by atoms with E-state index < -0.39 is 17.5 Å². The van der Waals surface area contributed by atoms with Crippen molar-refractivity contribution in [3.8, 4) is 16.9 Å². The standard InChI is InChI=1S/C25H18BrF2NO3/c1-14(9-25(30)29-22-10-17(27)7-8-21(22)28)18-11-19-20(15-3-5-16(26)6-4-15)13-32-24(19)12-23(18)31-2/h3-13H,1-2H3,(H,29,30)/b14-9+. The van der Waals surface area contributed by atoms with Crippen LogP contribution in [0.25, 0.3) is 27.7 Å². The SMILES string of the molecule is COc1cc2occ(-c3ccc(Br)cc3)c2cc1/C(C)=C/C(=O)Nc1cc(F)ccc1F. The van der Waals surface area contributed by atoms with E-state index in [1.54, 1.807) is 19.3 Å². The van der Waals surface area contributed by atoms with Gasteiger partial charge in [-0.1, -0.05) is 28.1 Å². The molecule has 4 nitrogen and oxygen atoms in total. The molecule has 0 aliphatic heterocycles. The number of carbonyl (C=O) groups excluding carboxylic acids is 1. The number of furan rings is 1. The second kappa shape index (κ2) is 8.96. The highest BCUT2D eigenvalue weighted by Gasteiger charge is 2.15. The van der Waals surface area contributed by atoms with Gasteiger partial charge in [0.25, 0.3) is 0 Å². The average Bonchev–Trinajstić information content (AvgIpc) is 3.18. The van der Waals surface area contributed by atoms with Gasteiger partial charge in [0.15, 0.2) is 0 Å². The number of anilines is 1. The van der Waals surface area contributed by atoms with Crippen LogP contribution >= 0.6 is 15.9 Å². The first-order valence-electron chi connectivity index (χ1n) is 9.65. The molecule has 1 aromatic heterocycles. The van der Waals surface area contributed by atoms with E-state index in [0.29, 0.717) is 22.5 Å². The molecule has 4 rings (SSSR count). The molecule has 4 aromatic rings. The highest BCUT2D eigenvalue weighted by molar-refractivity contribution is 9.10. The lowest BCUT2D eigenvalue weighted by Crippen LogP contribution is -2.10. The van der Waals surface area contributed by atoms with E-state index in [1.807, 2.05) is 30.3 Å². The van der Waals surface area contributed by atoms with Crippen LogP contribution in [-0.2, 0) is 4.79 Å².